The Hall–Kier alpha value is -1.19. The number of hydrogen-bond donors (Lipinski definition) is 1. The molecule has 0 saturated heterocycles. The summed E-state index contributed by atoms with van der Waals surface area (Å²) in [5, 5.41) is 3.31. The molecular weight excluding hydrogens is 288 g/mol. The number of pyridine rings is 1. The molecule has 1 atom stereocenters. The molecule has 0 aliphatic heterocycles. The molecule has 18 heavy (non-hydrogen) atoms. The molecule has 2 aromatic rings. The molecule has 1 aromatic carbocycles. The summed E-state index contributed by atoms with van der Waals surface area (Å²) in [7, 11) is 1.96. The van der Waals surface area contributed by atoms with Gasteiger partial charge < -0.3 is 5.32 Å². The number of hydrogen-bond acceptors (Lipinski definition) is 2. The Labute approximate surface area is 117 Å². The molecule has 0 saturated carbocycles. The highest BCUT2D eigenvalue weighted by atomic mass is 79.9. The van der Waals surface area contributed by atoms with E-state index < -0.39 is 0 Å². The van der Waals surface area contributed by atoms with Gasteiger partial charge in [-0.25, -0.2) is 0 Å². The van der Waals surface area contributed by atoms with E-state index in [2.05, 4.69) is 57.4 Å². The SMILES string of the molecule is CCc1ccc(C(NC)c2ccc(Br)cn2)cc1. The van der Waals surface area contributed by atoms with Gasteiger partial charge in [0.05, 0.1) is 11.7 Å². The molecule has 3 heteroatoms. The minimum atomic E-state index is 0.143. The van der Waals surface area contributed by atoms with E-state index in [9.17, 15) is 0 Å². The van der Waals surface area contributed by atoms with E-state index >= 15 is 0 Å². The number of halogens is 1. The van der Waals surface area contributed by atoms with Gasteiger partial charge in [0.25, 0.3) is 0 Å². The molecule has 1 unspecified atom stereocenters. The summed E-state index contributed by atoms with van der Waals surface area (Å²) in [6.45, 7) is 2.17. The van der Waals surface area contributed by atoms with Crippen molar-refractivity contribution in [2.24, 2.45) is 0 Å². The molecule has 0 bridgehead atoms. The van der Waals surface area contributed by atoms with E-state index in [4.69, 9.17) is 0 Å². The fraction of sp³-hybridized carbons (Fsp3) is 0.267. The largest absolute Gasteiger partial charge is 0.308 e. The third-order valence-electron chi connectivity index (χ3n) is 3.06. The molecule has 0 aliphatic carbocycles. The Balaban J connectivity index is 2.29. The molecule has 0 amide bonds. The zero-order chi connectivity index (χ0) is 13.0. The van der Waals surface area contributed by atoms with Crippen LogP contribution in [0.15, 0.2) is 47.1 Å². The highest BCUT2D eigenvalue weighted by molar-refractivity contribution is 9.10. The minimum absolute atomic E-state index is 0.143. The van der Waals surface area contributed by atoms with Gasteiger partial charge in [0.15, 0.2) is 0 Å². The molecule has 0 radical (unpaired) electrons. The van der Waals surface area contributed by atoms with Crippen molar-refractivity contribution in [3.8, 4) is 0 Å². The second-order valence-corrected chi connectivity index (χ2v) is 5.13. The quantitative estimate of drug-likeness (QED) is 0.931. The molecule has 2 rings (SSSR count). The third-order valence-corrected chi connectivity index (χ3v) is 3.53. The minimum Gasteiger partial charge on any atom is -0.308 e. The van der Waals surface area contributed by atoms with E-state index in [-0.39, 0.29) is 6.04 Å². The van der Waals surface area contributed by atoms with Crippen LogP contribution < -0.4 is 5.32 Å². The van der Waals surface area contributed by atoms with Crippen molar-refractivity contribution in [1.29, 1.82) is 0 Å². The van der Waals surface area contributed by atoms with Gasteiger partial charge in [0.2, 0.25) is 0 Å². The standard InChI is InChI=1S/C15H17BrN2/c1-3-11-4-6-12(7-5-11)15(17-2)14-9-8-13(16)10-18-14/h4-10,15,17H,3H2,1-2H3. The Morgan fingerprint density at radius 3 is 2.39 bits per heavy atom. The third kappa shape index (κ3) is 2.98. The number of nitrogens with zero attached hydrogens (tertiary/aromatic N) is 1. The van der Waals surface area contributed by atoms with Crippen LogP contribution in [-0.4, -0.2) is 12.0 Å². The summed E-state index contributed by atoms with van der Waals surface area (Å²) in [5.41, 5.74) is 3.63. The molecule has 1 N–H and O–H groups in total. The monoisotopic (exact) mass is 304 g/mol. The maximum absolute atomic E-state index is 4.46. The van der Waals surface area contributed by atoms with Gasteiger partial charge >= 0.3 is 0 Å². The number of rotatable bonds is 4. The average molecular weight is 305 g/mol. The predicted molar refractivity (Wildman–Crippen MR) is 78.7 cm³/mol. The molecule has 0 fully saturated rings. The van der Waals surface area contributed by atoms with Gasteiger partial charge in [-0.05, 0) is 52.7 Å². The van der Waals surface area contributed by atoms with E-state index in [0.29, 0.717) is 0 Å². The first-order valence-electron chi connectivity index (χ1n) is 6.12. The lowest BCUT2D eigenvalue weighted by molar-refractivity contribution is 0.670. The van der Waals surface area contributed by atoms with Crippen LogP contribution in [0.1, 0.15) is 29.8 Å². The summed E-state index contributed by atoms with van der Waals surface area (Å²) >= 11 is 3.41. The van der Waals surface area contributed by atoms with E-state index in [1.165, 1.54) is 11.1 Å². The van der Waals surface area contributed by atoms with Crippen LogP contribution in [0.4, 0.5) is 0 Å². The normalized spacial score (nSPS) is 12.4. The Morgan fingerprint density at radius 2 is 1.89 bits per heavy atom. The first-order chi connectivity index (χ1) is 8.74. The lowest BCUT2D eigenvalue weighted by atomic mass is 10.0. The smallest absolute Gasteiger partial charge is 0.0748 e. The number of aromatic nitrogens is 1. The van der Waals surface area contributed by atoms with Crippen LogP contribution in [-0.2, 0) is 6.42 Å². The maximum atomic E-state index is 4.46. The fourth-order valence-electron chi connectivity index (χ4n) is 1.99. The van der Waals surface area contributed by atoms with Gasteiger partial charge in [-0.3, -0.25) is 4.98 Å². The van der Waals surface area contributed by atoms with Gasteiger partial charge in [0.1, 0.15) is 0 Å². The predicted octanol–water partition coefficient (Wildman–Crippen LogP) is 3.72. The van der Waals surface area contributed by atoms with Crippen molar-refractivity contribution in [3.63, 3.8) is 0 Å². The van der Waals surface area contributed by atoms with Crippen molar-refractivity contribution in [2.45, 2.75) is 19.4 Å². The van der Waals surface area contributed by atoms with Gasteiger partial charge in [-0.15, -0.1) is 0 Å². The maximum Gasteiger partial charge on any atom is 0.0748 e. The van der Waals surface area contributed by atoms with E-state index in [1.807, 2.05) is 25.4 Å². The lowest BCUT2D eigenvalue weighted by Gasteiger charge is -2.16. The van der Waals surface area contributed by atoms with Crippen LogP contribution in [0.25, 0.3) is 0 Å². The second kappa shape index (κ2) is 6.12. The second-order valence-electron chi connectivity index (χ2n) is 4.22. The molecule has 94 valence electrons. The van der Waals surface area contributed by atoms with Crippen molar-refractivity contribution in [2.75, 3.05) is 7.05 Å². The van der Waals surface area contributed by atoms with Crippen molar-refractivity contribution >= 4 is 15.9 Å². The summed E-state index contributed by atoms with van der Waals surface area (Å²) in [6.07, 6.45) is 2.90. The van der Waals surface area contributed by atoms with Crippen LogP contribution in [0, 0.1) is 0 Å². The molecule has 1 aromatic heterocycles. The molecule has 0 spiro atoms. The van der Waals surface area contributed by atoms with Gasteiger partial charge in [-0.1, -0.05) is 31.2 Å². The molecule has 1 heterocycles. The summed E-state index contributed by atoms with van der Waals surface area (Å²) in [5.74, 6) is 0. The fourth-order valence-corrected chi connectivity index (χ4v) is 2.22. The van der Waals surface area contributed by atoms with Crippen LogP contribution >= 0.6 is 15.9 Å². The highest BCUT2D eigenvalue weighted by Crippen LogP contribution is 2.21. The molecule has 2 nitrogen and oxygen atoms in total. The summed E-state index contributed by atoms with van der Waals surface area (Å²) in [4.78, 5) is 4.46. The number of benzene rings is 1. The van der Waals surface area contributed by atoms with Crippen LogP contribution in [0.5, 0.6) is 0 Å². The number of aryl methyl sites for hydroxylation is 1. The van der Waals surface area contributed by atoms with Crippen molar-refractivity contribution < 1.29 is 0 Å². The molecular formula is C15H17BrN2. The zero-order valence-corrected chi connectivity index (χ0v) is 12.2. The first-order valence-corrected chi connectivity index (χ1v) is 6.91. The Kier molecular flexibility index (Phi) is 4.50. The van der Waals surface area contributed by atoms with E-state index in [0.717, 1.165) is 16.6 Å². The summed E-state index contributed by atoms with van der Waals surface area (Å²) < 4.78 is 1.00. The van der Waals surface area contributed by atoms with Crippen LogP contribution in [0.3, 0.4) is 0 Å². The highest BCUT2D eigenvalue weighted by Gasteiger charge is 2.12. The zero-order valence-electron chi connectivity index (χ0n) is 10.7. The topological polar surface area (TPSA) is 24.9 Å². The first kappa shape index (κ1) is 13.2. The van der Waals surface area contributed by atoms with Gasteiger partial charge in [0, 0.05) is 10.7 Å². The van der Waals surface area contributed by atoms with Crippen LogP contribution in [0.2, 0.25) is 0 Å². The van der Waals surface area contributed by atoms with Crippen molar-refractivity contribution in [3.05, 3.63) is 63.9 Å². The number of nitrogens with one attached hydrogen (secondary N) is 1. The summed E-state index contributed by atoms with van der Waals surface area (Å²) in [6, 6.07) is 12.9. The van der Waals surface area contributed by atoms with Crippen molar-refractivity contribution in [1.82, 2.24) is 10.3 Å². The Bertz CT molecular complexity index is 491. The molecule has 0 aliphatic rings. The lowest BCUT2D eigenvalue weighted by Crippen LogP contribution is -2.18. The Morgan fingerprint density at radius 1 is 1.17 bits per heavy atom. The average Bonchev–Trinajstić information content (AvgIpc) is 2.42. The van der Waals surface area contributed by atoms with E-state index in [1.54, 1.807) is 0 Å². The van der Waals surface area contributed by atoms with Gasteiger partial charge in [-0.2, -0.15) is 0 Å².